The minimum absolute atomic E-state index is 0.0830. The summed E-state index contributed by atoms with van der Waals surface area (Å²) in [5, 5.41) is 0. The Bertz CT molecular complexity index is 787. The smallest absolute Gasteiger partial charge is 0.207 e. The molecule has 0 saturated carbocycles. The van der Waals surface area contributed by atoms with E-state index in [1.165, 1.54) is 7.11 Å². The van der Waals surface area contributed by atoms with Crippen molar-refractivity contribution >= 4 is 11.5 Å². The van der Waals surface area contributed by atoms with E-state index in [0.29, 0.717) is 40.7 Å². The lowest BCUT2D eigenvalue weighted by atomic mass is 10.0. The summed E-state index contributed by atoms with van der Waals surface area (Å²) in [5.74, 6) is 1.90. The van der Waals surface area contributed by atoms with Gasteiger partial charge in [0, 0.05) is 6.42 Å². The predicted molar refractivity (Wildman–Crippen MR) is 89.4 cm³/mol. The fourth-order valence-corrected chi connectivity index (χ4v) is 2.84. The molecule has 126 valence electrons. The SMILES string of the molecule is COc1ccc(CC2Oc3c(ccc(OC)c3OC)C2=O)cc1N. The summed E-state index contributed by atoms with van der Waals surface area (Å²) in [6.45, 7) is 0. The van der Waals surface area contributed by atoms with Gasteiger partial charge in [0.2, 0.25) is 11.5 Å². The molecule has 1 aliphatic heterocycles. The highest BCUT2D eigenvalue weighted by Crippen LogP contribution is 2.44. The first kappa shape index (κ1) is 16.0. The van der Waals surface area contributed by atoms with E-state index in [4.69, 9.17) is 24.7 Å². The van der Waals surface area contributed by atoms with Gasteiger partial charge in [-0.15, -0.1) is 0 Å². The van der Waals surface area contributed by atoms with Crippen molar-refractivity contribution in [3.63, 3.8) is 0 Å². The molecular formula is C18H19NO5. The lowest BCUT2D eigenvalue weighted by Crippen LogP contribution is -2.23. The Morgan fingerprint density at radius 1 is 1.04 bits per heavy atom. The van der Waals surface area contributed by atoms with Crippen LogP contribution in [-0.2, 0) is 6.42 Å². The van der Waals surface area contributed by atoms with Crippen molar-refractivity contribution in [1.82, 2.24) is 0 Å². The van der Waals surface area contributed by atoms with Crippen LogP contribution in [0.4, 0.5) is 5.69 Å². The van der Waals surface area contributed by atoms with Crippen LogP contribution < -0.4 is 24.7 Å². The third kappa shape index (κ3) is 2.60. The maximum atomic E-state index is 12.6. The van der Waals surface area contributed by atoms with Crippen molar-refractivity contribution in [3.8, 4) is 23.0 Å². The third-order valence-electron chi connectivity index (χ3n) is 4.03. The molecule has 2 aromatic carbocycles. The molecule has 6 nitrogen and oxygen atoms in total. The first-order valence-electron chi connectivity index (χ1n) is 7.47. The van der Waals surface area contributed by atoms with Gasteiger partial charge in [-0.05, 0) is 29.8 Å². The van der Waals surface area contributed by atoms with Gasteiger partial charge < -0.3 is 24.7 Å². The van der Waals surface area contributed by atoms with Crippen LogP contribution in [0.5, 0.6) is 23.0 Å². The number of nitrogens with two attached hydrogens (primary N) is 1. The number of rotatable bonds is 5. The highest BCUT2D eigenvalue weighted by atomic mass is 16.5. The van der Waals surface area contributed by atoms with Crippen molar-refractivity contribution in [1.29, 1.82) is 0 Å². The number of ether oxygens (including phenoxy) is 4. The molecule has 3 rings (SSSR count). The van der Waals surface area contributed by atoms with Crippen LogP contribution in [0.25, 0.3) is 0 Å². The highest BCUT2D eigenvalue weighted by Gasteiger charge is 2.36. The number of benzene rings is 2. The maximum Gasteiger partial charge on any atom is 0.207 e. The molecule has 1 aliphatic rings. The number of carbonyl (C=O) groups is 1. The molecule has 0 fully saturated rings. The zero-order valence-electron chi connectivity index (χ0n) is 13.8. The predicted octanol–water partition coefficient (Wildman–Crippen LogP) is 2.48. The molecular weight excluding hydrogens is 310 g/mol. The number of anilines is 1. The van der Waals surface area contributed by atoms with Crippen LogP contribution >= 0.6 is 0 Å². The zero-order chi connectivity index (χ0) is 17.3. The molecule has 0 amide bonds. The first-order valence-corrected chi connectivity index (χ1v) is 7.47. The number of ketones is 1. The number of hydrogen-bond acceptors (Lipinski definition) is 6. The minimum atomic E-state index is -0.617. The summed E-state index contributed by atoms with van der Waals surface area (Å²) in [5.41, 5.74) is 7.84. The standard InChI is InChI=1S/C18H19NO5/c1-21-13-6-4-10(8-12(13)19)9-15-16(20)11-5-7-14(22-2)18(23-3)17(11)24-15/h4-8,15H,9,19H2,1-3H3. The summed E-state index contributed by atoms with van der Waals surface area (Å²) in [7, 11) is 4.62. The molecule has 1 unspecified atom stereocenters. The van der Waals surface area contributed by atoms with Crippen molar-refractivity contribution in [3.05, 3.63) is 41.5 Å². The molecule has 0 aromatic heterocycles. The average molecular weight is 329 g/mol. The lowest BCUT2D eigenvalue weighted by molar-refractivity contribution is 0.0855. The lowest BCUT2D eigenvalue weighted by Gasteiger charge is -2.13. The van der Waals surface area contributed by atoms with Crippen molar-refractivity contribution in [2.24, 2.45) is 0 Å². The van der Waals surface area contributed by atoms with Gasteiger partial charge >= 0.3 is 0 Å². The Morgan fingerprint density at radius 2 is 1.75 bits per heavy atom. The van der Waals surface area contributed by atoms with Crippen LogP contribution in [0.2, 0.25) is 0 Å². The van der Waals surface area contributed by atoms with E-state index in [1.54, 1.807) is 38.5 Å². The Morgan fingerprint density at radius 3 is 2.38 bits per heavy atom. The normalized spacial score (nSPS) is 15.6. The van der Waals surface area contributed by atoms with Crippen LogP contribution in [-0.4, -0.2) is 33.2 Å². The van der Waals surface area contributed by atoms with Gasteiger partial charge in [-0.2, -0.15) is 0 Å². The molecule has 6 heteroatoms. The molecule has 0 bridgehead atoms. The summed E-state index contributed by atoms with van der Waals surface area (Å²) in [6.07, 6.45) is -0.207. The minimum Gasteiger partial charge on any atom is -0.495 e. The molecule has 2 N–H and O–H groups in total. The fraction of sp³-hybridized carbons (Fsp3) is 0.278. The van der Waals surface area contributed by atoms with Crippen LogP contribution in [0.15, 0.2) is 30.3 Å². The van der Waals surface area contributed by atoms with E-state index >= 15 is 0 Å². The molecule has 0 spiro atoms. The topological polar surface area (TPSA) is 80.0 Å². The van der Waals surface area contributed by atoms with Crippen LogP contribution in [0.3, 0.4) is 0 Å². The Labute approximate surface area is 140 Å². The second kappa shape index (κ2) is 6.31. The van der Waals surface area contributed by atoms with E-state index in [1.807, 2.05) is 6.07 Å². The van der Waals surface area contributed by atoms with Gasteiger partial charge in [0.05, 0.1) is 32.6 Å². The van der Waals surface area contributed by atoms with Gasteiger partial charge in [-0.25, -0.2) is 0 Å². The highest BCUT2D eigenvalue weighted by molar-refractivity contribution is 6.06. The molecule has 24 heavy (non-hydrogen) atoms. The molecule has 1 atom stereocenters. The van der Waals surface area contributed by atoms with Gasteiger partial charge in [0.1, 0.15) is 5.75 Å². The number of methoxy groups -OCH3 is 3. The average Bonchev–Trinajstić information content (AvgIpc) is 2.90. The second-order valence-corrected chi connectivity index (χ2v) is 5.43. The second-order valence-electron chi connectivity index (χ2n) is 5.43. The largest absolute Gasteiger partial charge is 0.495 e. The van der Waals surface area contributed by atoms with Crippen LogP contribution in [0.1, 0.15) is 15.9 Å². The fourth-order valence-electron chi connectivity index (χ4n) is 2.84. The quantitative estimate of drug-likeness (QED) is 0.849. The van der Waals surface area contributed by atoms with Gasteiger partial charge in [0.25, 0.3) is 0 Å². The maximum absolute atomic E-state index is 12.6. The number of Topliss-reactive ketones (excluding diaryl/α,β-unsaturated/α-hetero) is 1. The summed E-state index contributed by atoms with van der Waals surface area (Å²) < 4.78 is 21.6. The van der Waals surface area contributed by atoms with E-state index in [9.17, 15) is 4.79 Å². The van der Waals surface area contributed by atoms with Crippen LogP contribution in [0, 0.1) is 0 Å². The number of hydrogen-bond donors (Lipinski definition) is 1. The Kier molecular flexibility index (Phi) is 4.20. The zero-order valence-corrected chi connectivity index (χ0v) is 13.8. The molecule has 0 saturated heterocycles. The van der Waals surface area contributed by atoms with Gasteiger partial charge in [0.15, 0.2) is 17.6 Å². The van der Waals surface area contributed by atoms with E-state index in [0.717, 1.165) is 5.56 Å². The molecule has 1 heterocycles. The number of fused-ring (bicyclic) bond motifs is 1. The van der Waals surface area contributed by atoms with Gasteiger partial charge in [-0.1, -0.05) is 6.07 Å². The van der Waals surface area contributed by atoms with E-state index < -0.39 is 6.10 Å². The summed E-state index contributed by atoms with van der Waals surface area (Å²) in [6, 6.07) is 8.83. The number of nitrogen functional groups attached to an aromatic ring is 1. The monoisotopic (exact) mass is 329 g/mol. The summed E-state index contributed by atoms with van der Waals surface area (Å²) in [4.78, 5) is 12.6. The van der Waals surface area contributed by atoms with Crippen molar-refractivity contribution in [2.45, 2.75) is 12.5 Å². The van der Waals surface area contributed by atoms with E-state index in [2.05, 4.69) is 0 Å². The third-order valence-corrected chi connectivity index (χ3v) is 4.03. The first-order chi connectivity index (χ1) is 11.6. The van der Waals surface area contributed by atoms with Crippen molar-refractivity contribution in [2.75, 3.05) is 27.1 Å². The number of carbonyl (C=O) groups excluding carboxylic acids is 1. The molecule has 2 aromatic rings. The molecule has 0 radical (unpaired) electrons. The molecule has 0 aliphatic carbocycles. The Balaban J connectivity index is 1.87. The summed E-state index contributed by atoms with van der Waals surface area (Å²) >= 11 is 0. The van der Waals surface area contributed by atoms with E-state index in [-0.39, 0.29) is 5.78 Å². The Hall–Kier alpha value is -2.89. The van der Waals surface area contributed by atoms with Crippen molar-refractivity contribution < 1.29 is 23.7 Å². The van der Waals surface area contributed by atoms with Gasteiger partial charge in [-0.3, -0.25) is 4.79 Å².